The molecule has 1 aromatic carbocycles. The summed E-state index contributed by atoms with van der Waals surface area (Å²) in [5.74, 6) is -0.540. The Morgan fingerprint density at radius 3 is 2.61 bits per heavy atom. The largest absolute Gasteiger partial charge is 0.431 e. The van der Waals surface area contributed by atoms with Gasteiger partial charge in [-0.15, -0.1) is 0 Å². The van der Waals surface area contributed by atoms with E-state index in [1.165, 1.54) is 0 Å². The van der Waals surface area contributed by atoms with E-state index >= 15 is 0 Å². The van der Waals surface area contributed by atoms with Crippen molar-refractivity contribution < 1.29 is 19.1 Å². The van der Waals surface area contributed by atoms with E-state index in [1.807, 2.05) is 11.0 Å². The maximum absolute atomic E-state index is 12.0. The molecule has 122 valence electrons. The molecule has 2 amide bonds. The Morgan fingerprint density at radius 1 is 1.22 bits per heavy atom. The molecule has 0 aromatic heterocycles. The third-order valence-electron chi connectivity index (χ3n) is 3.50. The van der Waals surface area contributed by atoms with E-state index < -0.39 is 18.2 Å². The van der Waals surface area contributed by atoms with E-state index in [-0.39, 0.29) is 5.03 Å². The number of urea groups is 1. The van der Waals surface area contributed by atoms with Gasteiger partial charge in [0.25, 0.3) is 0 Å². The molecule has 1 atom stereocenters. The molecule has 1 saturated heterocycles. The zero-order chi connectivity index (χ0) is 16.2. The summed E-state index contributed by atoms with van der Waals surface area (Å²) >= 11 is 6.23. The summed E-state index contributed by atoms with van der Waals surface area (Å²) in [5.41, 5.74) is 0.919. The number of amides is 2. The van der Waals surface area contributed by atoms with Crippen molar-refractivity contribution >= 4 is 29.3 Å². The van der Waals surface area contributed by atoms with Crippen LogP contribution in [0, 0.1) is 0 Å². The number of anilines is 1. The molecule has 1 fully saturated rings. The van der Waals surface area contributed by atoms with Crippen LogP contribution in [0.2, 0.25) is 0 Å². The van der Waals surface area contributed by atoms with Crippen molar-refractivity contribution in [3.05, 3.63) is 41.1 Å². The number of para-hydroxylation sites is 1. The van der Waals surface area contributed by atoms with E-state index in [2.05, 4.69) is 10.6 Å². The monoisotopic (exact) mass is 337 g/mol. The zero-order valence-electron chi connectivity index (χ0n) is 12.3. The molecule has 2 aliphatic heterocycles. The topological polar surface area (TPSA) is 79.9 Å². The summed E-state index contributed by atoms with van der Waals surface area (Å²) in [7, 11) is 0. The van der Waals surface area contributed by atoms with Gasteiger partial charge in [-0.2, -0.15) is 0 Å². The van der Waals surface area contributed by atoms with Gasteiger partial charge in [0.1, 0.15) is 10.7 Å². The molecule has 7 nitrogen and oxygen atoms in total. The summed E-state index contributed by atoms with van der Waals surface area (Å²) < 4.78 is 10.4. The van der Waals surface area contributed by atoms with Gasteiger partial charge in [-0.1, -0.05) is 29.8 Å². The van der Waals surface area contributed by atoms with E-state index in [0.717, 1.165) is 0 Å². The van der Waals surface area contributed by atoms with Crippen molar-refractivity contribution in [2.45, 2.75) is 6.23 Å². The van der Waals surface area contributed by atoms with Crippen LogP contribution in [0.4, 0.5) is 10.5 Å². The van der Waals surface area contributed by atoms with Crippen molar-refractivity contribution in [3.63, 3.8) is 0 Å². The molecular weight excluding hydrogens is 322 g/mol. The first-order valence-electron chi connectivity index (χ1n) is 7.21. The lowest BCUT2D eigenvalue weighted by molar-refractivity contribution is -0.142. The first-order chi connectivity index (χ1) is 11.1. The number of hydrogen-bond donors (Lipinski definition) is 2. The van der Waals surface area contributed by atoms with Crippen molar-refractivity contribution in [3.8, 4) is 0 Å². The quantitative estimate of drug-likeness (QED) is 0.817. The molecule has 0 aliphatic carbocycles. The molecule has 2 heterocycles. The van der Waals surface area contributed by atoms with Crippen LogP contribution < -0.4 is 10.6 Å². The maximum Gasteiger partial charge on any atom is 0.358 e. The highest BCUT2D eigenvalue weighted by Crippen LogP contribution is 2.28. The lowest BCUT2D eigenvalue weighted by Crippen LogP contribution is -2.38. The molecule has 23 heavy (non-hydrogen) atoms. The Morgan fingerprint density at radius 2 is 1.91 bits per heavy atom. The normalized spacial score (nSPS) is 21.2. The van der Waals surface area contributed by atoms with Crippen LogP contribution in [0.15, 0.2) is 41.1 Å². The lowest BCUT2D eigenvalue weighted by atomic mass is 10.3. The van der Waals surface area contributed by atoms with Crippen LogP contribution in [-0.4, -0.2) is 49.4 Å². The number of nitrogens with one attached hydrogen (secondary N) is 2. The summed E-state index contributed by atoms with van der Waals surface area (Å²) in [6.45, 7) is 2.16. The third-order valence-corrected chi connectivity index (χ3v) is 3.87. The minimum Gasteiger partial charge on any atom is -0.431 e. The standard InChI is InChI=1S/C15H16ClN3O4/c16-11-12(19-6-8-22-9-7-19)14(20)23-13(11)18-15(21)17-10-4-2-1-3-5-10/h1-5,13H,6-9H2,(H2,17,18,21)/t13-/m1/s1. The Balaban J connectivity index is 1.65. The van der Waals surface area contributed by atoms with Gasteiger partial charge in [-0.05, 0) is 12.1 Å². The first kappa shape index (κ1) is 15.6. The van der Waals surface area contributed by atoms with Crippen LogP contribution in [0.1, 0.15) is 0 Å². The fraction of sp³-hybridized carbons (Fsp3) is 0.333. The molecule has 0 unspecified atom stereocenters. The van der Waals surface area contributed by atoms with E-state index in [1.54, 1.807) is 24.3 Å². The summed E-state index contributed by atoms with van der Waals surface area (Å²) in [5, 5.41) is 5.36. The van der Waals surface area contributed by atoms with Crippen molar-refractivity contribution in [2.24, 2.45) is 0 Å². The van der Waals surface area contributed by atoms with Crippen molar-refractivity contribution in [1.29, 1.82) is 0 Å². The molecule has 0 spiro atoms. The number of carbonyl (C=O) groups is 2. The maximum atomic E-state index is 12.0. The zero-order valence-corrected chi connectivity index (χ0v) is 13.0. The molecule has 2 aliphatic rings. The Bertz CT molecular complexity index is 629. The van der Waals surface area contributed by atoms with Crippen LogP contribution in [-0.2, 0) is 14.3 Å². The second kappa shape index (κ2) is 6.89. The second-order valence-electron chi connectivity index (χ2n) is 5.05. The molecular formula is C15H16ClN3O4. The van der Waals surface area contributed by atoms with Gasteiger partial charge in [0.05, 0.1) is 13.2 Å². The molecule has 3 rings (SSSR count). The summed E-state index contributed by atoms with van der Waals surface area (Å²) in [4.78, 5) is 25.8. The van der Waals surface area contributed by atoms with Crippen LogP contribution in [0.3, 0.4) is 0 Å². The van der Waals surface area contributed by atoms with Crippen LogP contribution in [0.25, 0.3) is 0 Å². The summed E-state index contributed by atoms with van der Waals surface area (Å²) in [6, 6.07) is 8.43. The minimum atomic E-state index is -0.981. The number of rotatable bonds is 3. The number of benzene rings is 1. The number of cyclic esters (lactones) is 1. The Labute approximate surface area is 138 Å². The first-order valence-corrected chi connectivity index (χ1v) is 7.59. The minimum absolute atomic E-state index is 0.181. The number of hydrogen-bond acceptors (Lipinski definition) is 5. The Hall–Kier alpha value is -2.25. The van der Waals surface area contributed by atoms with Gasteiger partial charge in [0, 0.05) is 18.8 Å². The number of morpholine rings is 1. The van der Waals surface area contributed by atoms with Gasteiger partial charge in [-0.3, -0.25) is 5.32 Å². The molecule has 0 radical (unpaired) electrons. The van der Waals surface area contributed by atoms with Gasteiger partial charge < -0.3 is 19.7 Å². The SMILES string of the molecule is O=C(Nc1ccccc1)N[C@@H]1OC(=O)C(N2CCOCC2)=C1Cl. The fourth-order valence-corrected chi connectivity index (χ4v) is 2.70. The predicted octanol–water partition coefficient (Wildman–Crippen LogP) is 1.47. The highest BCUT2D eigenvalue weighted by molar-refractivity contribution is 6.33. The number of ether oxygens (including phenoxy) is 2. The number of esters is 1. The molecule has 0 bridgehead atoms. The molecule has 1 aromatic rings. The number of halogens is 1. The van der Waals surface area contributed by atoms with E-state index in [9.17, 15) is 9.59 Å². The Kier molecular flexibility index (Phi) is 4.68. The predicted molar refractivity (Wildman–Crippen MR) is 83.7 cm³/mol. The van der Waals surface area contributed by atoms with E-state index in [4.69, 9.17) is 21.1 Å². The number of carbonyl (C=O) groups excluding carboxylic acids is 2. The van der Waals surface area contributed by atoms with Gasteiger partial charge in [-0.25, -0.2) is 9.59 Å². The molecule has 2 N–H and O–H groups in total. The second-order valence-corrected chi connectivity index (χ2v) is 5.45. The molecule has 0 saturated carbocycles. The summed E-state index contributed by atoms with van der Waals surface area (Å²) in [6.07, 6.45) is -0.981. The average Bonchev–Trinajstić information content (AvgIpc) is 2.83. The fourth-order valence-electron chi connectivity index (χ4n) is 2.40. The van der Waals surface area contributed by atoms with Crippen LogP contribution in [0.5, 0.6) is 0 Å². The van der Waals surface area contributed by atoms with E-state index in [0.29, 0.717) is 37.7 Å². The number of nitrogens with zero attached hydrogens (tertiary/aromatic N) is 1. The highest BCUT2D eigenvalue weighted by Gasteiger charge is 2.37. The third kappa shape index (κ3) is 3.57. The van der Waals surface area contributed by atoms with Gasteiger partial charge in [0.2, 0.25) is 6.23 Å². The lowest BCUT2D eigenvalue weighted by Gasteiger charge is -2.28. The van der Waals surface area contributed by atoms with Crippen molar-refractivity contribution in [1.82, 2.24) is 10.2 Å². The average molecular weight is 338 g/mol. The van der Waals surface area contributed by atoms with Crippen molar-refractivity contribution in [2.75, 3.05) is 31.6 Å². The highest BCUT2D eigenvalue weighted by atomic mass is 35.5. The van der Waals surface area contributed by atoms with Crippen LogP contribution >= 0.6 is 11.6 Å². The smallest absolute Gasteiger partial charge is 0.358 e. The molecule has 8 heteroatoms. The van der Waals surface area contributed by atoms with Gasteiger partial charge in [0.15, 0.2) is 0 Å². The van der Waals surface area contributed by atoms with Gasteiger partial charge >= 0.3 is 12.0 Å².